The molecule has 1 amide bonds. The number of morpholine rings is 1. The molecule has 1 aliphatic heterocycles. The summed E-state index contributed by atoms with van der Waals surface area (Å²) in [7, 11) is 0. The molecular weight excluding hydrogens is 268 g/mol. The van der Waals surface area contributed by atoms with Crippen LogP contribution in [0.4, 0.5) is 5.69 Å². The maximum atomic E-state index is 12.0. The topological polar surface area (TPSA) is 50.8 Å². The van der Waals surface area contributed by atoms with Gasteiger partial charge in [0.15, 0.2) is 0 Å². The fourth-order valence-electron chi connectivity index (χ4n) is 2.06. The van der Waals surface area contributed by atoms with Crippen LogP contribution in [0.1, 0.15) is 13.8 Å². The summed E-state index contributed by atoms with van der Waals surface area (Å²) in [6, 6.07) is 7.50. The van der Waals surface area contributed by atoms with Crippen molar-refractivity contribution in [3.8, 4) is 5.75 Å². The van der Waals surface area contributed by atoms with E-state index in [-0.39, 0.29) is 5.91 Å². The zero-order valence-electron chi connectivity index (χ0n) is 12.8. The van der Waals surface area contributed by atoms with Gasteiger partial charge in [-0.25, -0.2) is 0 Å². The largest absolute Gasteiger partial charge is 0.493 e. The number of anilines is 1. The van der Waals surface area contributed by atoms with Crippen molar-refractivity contribution in [2.24, 2.45) is 5.92 Å². The molecule has 1 fully saturated rings. The Labute approximate surface area is 126 Å². The Morgan fingerprint density at radius 1 is 1.29 bits per heavy atom. The number of hydrogen-bond donors (Lipinski definition) is 1. The van der Waals surface area contributed by atoms with E-state index in [2.05, 4.69) is 24.1 Å². The molecule has 1 aromatic rings. The molecule has 0 spiro atoms. The van der Waals surface area contributed by atoms with Gasteiger partial charge < -0.3 is 14.8 Å². The van der Waals surface area contributed by atoms with Gasteiger partial charge in [-0.1, -0.05) is 13.8 Å². The van der Waals surface area contributed by atoms with Gasteiger partial charge >= 0.3 is 0 Å². The van der Waals surface area contributed by atoms with Crippen molar-refractivity contribution in [3.05, 3.63) is 24.3 Å². The Bertz CT molecular complexity index is 439. The molecule has 1 aliphatic rings. The highest BCUT2D eigenvalue weighted by atomic mass is 16.5. The Hall–Kier alpha value is -1.59. The Kier molecular flexibility index (Phi) is 6.02. The second kappa shape index (κ2) is 8.00. The molecule has 0 aromatic heterocycles. The van der Waals surface area contributed by atoms with Gasteiger partial charge in [-0.3, -0.25) is 9.69 Å². The number of nitrogens with one attached hydrogen (secondary N) is 1. The van der Waals surface area contributed by atoms with E-state index in [9.17, 15) is 4.79 Å². The van der Waals surface area contributed by atoms with E-state index < -0.39 is 0 Å². The normalized spacial score (nSPS) is 16.0. The van der Waals surface area contributed by atoms with Crippen molar-refractivity contribution >= 4 is 11.6 Å². The molecule has 0 bridgehead atoms. The zero-order valence-corrected chi connectivity index (χ0v) is 12.8. The van der Waals surface area contributed by atoms with Crippen LogP contribution < -0.4 is 10.1 Å². The molecule has 1 N–H and O–H groups in total. The van der Waals surface area contributed by atoms with Crippen LogP contribution in [0.3, 0.4) is 0 Å². The smallest absolute Gasteiger partial charge is 0.238 e. The molecule has 0 unspecified atom stereocenters. The van der Waals surface area contributed by atoms with Crippen LogP contribution in [-0.4, -0.2) is 50.3 Å². The number of carbonyl (C=O) groups excluding carboxylic acids is 1. The third kappa shape index (κ3) is 5.73. The lowest BCUT2D eigenvalue weighted by Gasteiger charge is -2.25. The molecule has 5 heteroatoms. The lowest BCUT2D eigenvalue weighted by molar-refractivity contribution is -0.118. The monoisotopic (exact) mass is 292 g/mol. The minimum atomic E-state index is 0.00717. The number of carbonyl (C=O) groups is 1. The fraction of sp³-hybridized carbons (Fsp3) is 0.562. The minimum absolute atomic E-state index is 0.00717. The first-order valence-corrected chi connectivity index (χ1v) is 7.46. The standard InChI is InChI=1S/C16H24N2O3/c1-13(2)12-21-15-5-3-14(4-6-15)17-16(19)11-18-7-9-20-10-8-18/h3-6,13H,7-12H2,1-2H3,(H,17,19). The summed E-state index contributed by atoms with van der Waals surface area (Å²) >= 11 is 0. The molecule has 0 atom stereocenters. The summed E-state index contributed by atoms with van der Waals surface area (Å²) in [5.74, 6) is 1.33. The van der Waals surface area contributed by atoms with Gasteiger partial charge in [0, 0.05) is 18.8 Å². The summed E-state index contributed by atoms with van der Waals surface area (Å²) in [6.07, 6.45) is 0. The second-order valence-corrected chi connectivity index (χ2v) is 5.67. The first-order valence-electron chi connectivity index (χ1n) is 7.46. The van der Waals surface area contributed by atoms with Crippen molar-refractivity contribution in [3.63, 3.8) is 0 Å². The SMILES string of the molecule is CC(C)COc1ccc(NC(=O)CN2CCOCC2)cc1. The lowest BCUT2D eigenvalue weighted by atomic mass is 10.2. The highest BCUT2D eigenvalue weighted by Gasteiger charge is 2.14. The highest BCUT2D eigenvalue weighted by molar-refractivity contribution is 5.92. The van der Waals surface area contributed by atoms with Gasteiger partial charge in [-0.05, 0) is 30.2 Å². The summed E-state index contributed by atoms with van der Waals surface area (Å²) < 4.78 is 10.9. The van der Waals surface area contributed by atoms with Crippen LogP contribution in [0, 0.1) is 5.92 Å². The van der Waals surface area contributed by atoms with Crippen LogP contribution in [0.2, 0.25) is 0 Å². The minimum Gasteiger partial charge on any atom is -0.493 e. The Morgan fingerprint density at radius 3 is 2.57 bits per heavy atom. The Morgan fingerprint density at radius 2 is 1.95 bits per heavy atom. The van der Waals surface area contributed by atoms with E-state index in [0.29, 0.717) is 32.3 Å². The summed E-state index contributed by atoms with van der Waals surface area (Å²) in [6.45, 7) is 8.37. The molecule has 1 saturated heterocycles. The van der Waals surface area contributed by atoms with E-state index in [0.717, 1.165) is 24.5 Å². The molecule has 0 saturated carbocycles. The molecule has 0 radical (unpaired) electrons. The summed E-state index contributed by atoms with van der Waals surface area (Å²) in [5.41, 5.74) is 0.796. The second-order valence-electron chi connectivity index (χ2n) is 5.67. The van der Waals surface area contributed by atoms with Crippen LogP contribution in [-0.2, 0) is 9.53 Å². The van der Waals surface area contributed by atoms with Crippen molar-refractivity contribution in [2.45, 2.75) is 13.8 Å². The third-order valence-electron chi connectivity index (χ3n) is 3.19. The molecule has 21 heavy (non-hydrogen) atoms. The third-order valence-corrected chi connectivity index (χ3v) is 3.19. The van der Waals surface area contributed by atoms with E-state index in [1.165, 1.54) is 0 Å². The van der Waals surface area contributed by atoms with E-state index in [1.807, 2.05) is 24.3 Å². The molecule has 2 rings (SSSR count). The highest BCUT2D eigenvalue weighted by Crippen LogP contribution is 2.16. The number of rotatable bonds is 6. The first-order chi connectivity index (χ1) is 10.1. The fourth-order valence-corrected chi connectivity index (χ4v) is 2.06. The van der Waals surface area contributed by atoms with Crippen molar-refractivity contribution < 1.29 is 14.3 Å². The zero-order chi connectivity index (χ0) is 15.1. The summed E-state index contributed by atoms with van der Waals surface area (Å²) in [5, 5.41) is 2.90. The molecule has 116 valence electrons. The van der Waals surface area contributed by atoms with Crippen molar-refractivity contribution in [1.29, 1.82) is 0 Å². The molecular formula is C16H24N2O3. The molecule has 1 aromatic carbocycles. The average molecular weight is 292 g/mol. The predicted octanol–water partition coefficient (Wildman–Crippen LogP) is 1.99. The maximum absolute atomic E-state index is 12.0. The summed E-state index contributed by atoms with van der Waals surface area (Å²) in [4.78, 5) is 14.1. The Balaban J connectivity index is 1.77. The van der Waals surface area contributed by atoms with Crippen molar-refractivity contribution in [2.75, 3.05) is 44.8 Å². The lowest BCUT2D eigenvalue weighted by Crippen LogP contribution is -2.41. The van der Waals surface area contributed by atoms with Gasteiger partial charge in [-0.2, -0.15) is 0 Å². The van der Waals surface area contributed by atoms with Crippen LogP contribution in [0.25, 0.3) is 0 Å². The predicted molar refractivity (Wildman–Crippen MR) is 82.7 cm³/mol. The number of benzene rings is 1. The number of amides is 1. The van der Waals surface area contributed by atoms with Gasteiger partial charge in [0.1, 0.15) is 5.75 Å². The number of nitrogens with zero attached hydrogens (tertiary/aromatic N) is 1. The molecule has 5 nitrogen and oxygen atoms in total. The average Bonchev–Trinajstić information content (AvgIpc) is 2.47. The van der Waals surface area contributed by atoms with Gasteiger partial charge in [-0.15, -0.1) is 0 Å². The van der Waals surface area contributed by atoms with E-state index >= 15 is 0 Å². The van der Waals surface area contributed by atoms with Crippen molar-refractivity contribution in [1.82, 2.24) is 4.90 Å². The van der Waals surface area contributed by atoms with Crippen LogP contribution >= 0.6 is 0 Å². The molecule has 0 aliphatic carbocycles. The quantitative estimate of drug-likeness (QED) is 0.871. The molecule has 1 heterocycles. The van der Waals surface area contributed by atoms with E-state index in [4.69, 9.17) is 9.47 Å². The first kappa shape index (κ1) is 15.8. The maximum Gasteiger partial charge on any atom is 0.238 e. The number of ether oxygens (including phenoxy) is 2. The van der Waals surface area contributed by atoms with Gasteiger partial charge in [0.25, 0.3) is 0 Å². The van der Waals surface area contributed by atoms with Gasteiger partial charge in [0.2, 0.25) is 5.91 Å². The van der Waals surface area contributed by atoms with E-state index in [1.54, 1.807) is 0 Å². The number of hydrogen-bond acceptors (Lipinski definition) is 4. The van der Waals surface area contributed by atoms with Crippen LogP contribution in [0.15, 0.2) is 24.3 Å². The van der Waals surface area contributed by atoms with Crippen LogP contribution in [0.5, 0.6) is 5.75 Å². The van der Waals surface area contributed by atoms with Gasteiger partial charge in [0.05, 0.1) is 26.4 Å².